The highest BCUT2D eigenvalue weighted by molar-refractivity contribution is 7.98. The van der Waals surface area contributed by atoms with Gasteiger partial charge in [0.25, 0.3) is 0 Å². The van der Waals surface area contributed by atoms with Gasteiger partial charge in [0.1, 0.15) is 0 Å². The number of halogens is 2. The van der Waals surface area contributed by atoms with Gasteiger partial charge in [-0.15, -0.1) is 16.9 Å². The molecule has 0 atom stereocenters. The Morgan fingerprint density at radius 3 is 2.55 bits per heavy atom. The molecule has 0 aliphatic carbocycles. The van der Waals surface area contributed by atoms with E-state index >= 15 is 4.39 Å². The van der Waals surface area contributed by atoms with Crippen LogP contribution in [0, 0.1) is 11.8 Å². The normalized spacial score (nSPS) is 11.7. The topological polar surface area (TPSA) is 70.5 Å². The Morgan fingerprint density at radius 2 is 1.88 bits per heavy atom. The molecule has 0 amide bonds. The van der Waals surface area contributed by atoms with Gasteiger partial charge < -0.3 is 0 Å². The van der Waals surface area contributed by atoms with Crippen molar-refractivity contribution >= 4 is 33.7 Å². The molecule has 0 bridgehead atoms. The van der Waals surface area contributed by atoms with Crippen molar-refractivity contribution in [2.45, 2.75) is 18.2 Å². The van der Waals surface area contributed by atoms with Crippen molar-refractivity contribution in [2.24, 2.45) is 14.1 Å². The molecule has 5 aromatic rings. The van der Waals surface area contributed by atoms with E-state index in [1.165, 1.54) is 25.6 Å². The molecular formula is C23H20F2N6OS. The van der Waals surface area contributed by atoms with E-state index in [2.05, 4.69) is 15.1 Å². The molecule has 0 spiro atoms. The van der Waals surface area contributed by atoms with Gasteiger partial charge in [0.05, 0.1) is 40.2 Å². The van der Waals surface area contributed by atoms with Crippen LogP contribution in [0.5, 0.6) is 0 Å². The van der Waals surface area contributed by atoms with Crippen LogP contribution in [0.2, 0.25) is 0 Å². The van der Waals surface area contributed by atoms with Crippen molar-refractivity contribution in [2.75, 3.05) is 6.26 Å². The van der Waals surface area contributed by atoms with Crippen molar-refractivity contribution in [1.82, 2.24) is 28.9 Å². The smallest absolute Gasteiger partial charge is 0.293 e. The number of rotatable bonds is 4. The average Bonchev–Trinajstić information content (AvgIpc) is 3.27. The molecule has 4 aromatic heterocycles. The van der Waals surface area contributed by atoms with Crippen molar-refractivity contribution in [1.29, 1.82) is 0 Å². The van der Waals surface area contributed by atoms with E-state index in [0.29, 0.717) is 45.0 Å². The molecule has 0 fully saturated rings. The lowest BCUT2D eigenvalue weighted by atomic mass is 10.0. The molecule has 10 heteroatoms. The summed E-state index contributed by atoms with van der Waals surface area (Å²) >= 11 is 1.46. The monoisotopic (exact) mass is 466 g/mol. The molecule has 0 radical (unpaired) electrons. The number of hydrogen-bond acceptors (Lipinski definition) is 5. The predicted molar refractivity (Wildman–Crippen MR) is 125 cm³/mol. The number of imidazole rings is 1. The highest BCUT2D eigenvalue weighted by atomic mass is 32.2. The van der Waals surface area contributed by atoms with E-state index in [4.69, 9.17) is 0 Å². The Balaban J connectivity index is 1.97. The zero-order chi connectivity index (χ0) is 23.4. The Hall–Kier alpha value is -3.53. The fourth-order valence-electron chi connectivity index (χ4n) is 4.23. The maximum atomic E-state index is 15.0. The third-order valence-electron chi connectivity index (χ3n) is 5.83. The second kappa shape index (κ2) is 7.80. The molecule has 168 valence electrons. The van der Waals surface area contributed by atoms with Gasteiger partial charge in [-0.1, -0.05) is 6.92 Å². The van der Waals surface area contributed by atoms with Gasteiger partial charge in [-0.3, -0.25) is 23.8 Å². The molecule has 0 aliphatic heterocycles. The molecule has 7 nitrogen and oxygen atoms in total. The minimum Gasteiger partial charge on any atom is -0.293 e. The summed E-state index contributed by atoms with van der Waals surface area (Å²) in [5.41, 5.74) is 3.01. The van der Waals surface area contributed by atoms with E-state index in [-0.39, 0.29) is 5.69 Å². The van der Waals surface area contributed by atoms with Gasteiger partial charge in [0.15, 0.2) is 5.82 Å². The number of benzene rings is 1. The van der Waals surface area contributed by atoms with Crippen molar-refractivity contribution in [3.63, 3.8) is 0 Å². The van der Waals surface area contributed by atoms with Crippen LogP contribution in [0.15, 0.2) is 46.6 Å². The third kappa shape index (κ3) is 3.16. The van der Waals surface area contributed by atoms with Gasteiger partial charge in [0.2, 0.25) is 5.95 Å². The summed E-state index contributed by atoms with van der Waals surface area (Å²) in [6.07, 6.45) is 8.28. The summed E-state index contributed by atoms with van der Waals surface area (Å²) in [6, 6.07) is 3.66. The lowest BCUT2D eigenvalue weighted by Crippen LogP contribution is -2.22. The number of hydrogen-bond donors (Lipinski definition) is 0. The van der Waals surface area contributed by atoms with E-state index in [9.17, 15) is 9.18 Å². The summed E-state index contributed by atoms with van der Waals surface area (Å²) in [7, 11) is 3.27. The quantitative estimate of drug-likeness (QED) is 0.371. The molecular weight excluding hydrogens is 446 g/mol. The minimum absolute atomic E-state index is 0.165. The number of aromatic nitrogens is 6. The van der Waals surface area contributed by atoms with Gasteiger partial charge >= 0.3 is 5.69 Å². The van der Waals surface area contributed by atoms with Gasteiger partial charge in [-0.25, -0.2) is 9.18 Å². The highest BCUT2D eigenvalue weighted by Gasteiger charge is 2.23. The van der Waals surface area contributed by atoms with E-state index < -0.39 is 17.5 Å². The molecule has 5 rings (SSSR count). The van der Waals surface area contributed by atoms with Crippen LogP contribution in [0.3, 0.4) is 0 Å². The summed E-state index contributed by atoms with van der Waals surface area (Å²) in [4.78, 5) is 22.6. The van der Waals surface area contributed by atoms with Gasteiger partial charge in [0, 0.05) is 42.3 Å². The average molecular weight is 467 g/mol. The second-order valence-corrected chi connectivity index (χ2v) is 8.58. The van der Waals surface area contributed by atoms with Crippen LogP contribution in [-0.2, 0) is 20.5 Å². The standard InChI is InChI=1S/C23H20F2N6OS/c1-5-12-8-26-9-16(24)20(12)31-21-14-6-13(15-11-29(2)28-22(15)25)19(33-4)7-17(14)27-10-18(21)30(3)23(31)32/h6-11H,5H2,1-4H3. The molecule has 0 N–H and O–H groups in total. The zero-order valence-corrected chi connectivity index (χ0v) is 19.2. The third-order valence-corrected chi connectivity index (χ3v) is 6.61. The molecule has 0 aliphatic rings. The molecule has 1 aromatic carbocycles. The van der Waals surface area contributed by atoms with E-state index in [1.807, 2.05) is 19.2 Å². The van der Waals surface area contributed by atoms with Crippen LogP contribution in [0.1, 0.15) is 12.5 Å². The van der Waals surface area contributed by atoms with Crippen LogP contribution in [0.25, 0.3) is 38.8 Å². The minimum atomic E-state index is -0.591. The molecule has 33 heavy (non-hydrogen) atoms. The molecule has 0 saturated heterocycles. The van der Waals surface area contributed by atoms with Crippen LogP contribution in [0.4, 0.5) is 8.78 Å². The van der Waals surface area contributed by atoms with Gasteiger partial charge in [-0.2, -0.15) is 4.39 Å². The number of nitrogens with zero attached hydrogens (tertiary/aromatic N) is 6. The lowest BCUT2D eigenvalue weighted by molar-refractivity contribution is 0.555. The molecule has 0 saturated carbocycles. The fraction of sp³-hybridized carbons (Fsp3) is 0.217. The maximum Gasteiger partial charge on any atom is 0.333 e. The Bertz CT molecular complexity index is 1620. The van der Waals surface area contributed by atoms with Crippen molar-refractivity contribution in [3.8, 4) is 16.8 Å². The Kier molecular flexibility index (Phi) is 5.04. The highest BCUT2D eigenvalue weighted by Crippen LogP contribution is 2.37. The maximum absolute atomic E-state index is 15.0. The summed E-state index contributed by atoms with van der Waals surface area (Å²) in [5.74, 6) is -1.18. The first-order valence-corrected chi connectivity index (χ1v) is 11.5. The molecule has 4 heterocycles. The predicted octanol–water partition coefficient (Wildman–Crippen LogP) is 4.24. The summed E-state index contributed by atoms with van der Waals surface area (Å²) in [6.45, 7) is 1.88. The Labute approximate surface area is 191 Å². The van der Waals surface area contributed by atoms with Crippen LogP contribution in [-0.4, -0.2) is 35.1 Å². The van der Waals surface area contributed by atoms with Gasteiger partial charge in [-0.05, 0) is 30.4 Å². The summed E-state index contributed by atoms with van der Waals surface area (Å²) < 4.78 is 33.9. The van der Waals surface area contributed by atoms with Crippen molar-refractivity contribution in [3.05, 3.63) is 64.7 Å². The number of thioether (sulfide) groups is 1. The number of aryl methyl sites for hydroxylation is 3. The first kappa shape index (κ1) is 21.3. The Morgan fingerprint density at radius 1 is 1.09 bits per heavy atom. The number of fused-ring (bicyclic) bond motifs is 3. The zero-order valence-electron chi connectivity index (χ0n) is 18.4. The first-order chi connectivity index (χ1) is 15.8. The lowest BCUT2D eigenvalue weighted by Gasteiger charge is -2.13. The first-order valence-electron chi connectivity index (χ1n) is 10.3. The van der Waals surface area contributed by atoms with E-state index in [1.54, 1.807) is 38.8 Å². The van der Waals surface area contributed by atoms with Crippen molar-refractivity contribution < 1.29 is 8.78 Å². The SMILES string of the molecule is CCc1cncc(F)c1-n1c(=O)n(C)c2cnc3cc(SC)c(-c4cn(C)nc4F)cc3c21. The largest absolute Gasteiger partial charge is 0.333 e. The number of pyridine rings is 2. The second-order valence-electron chi connectivity index (χ2n) is 7.73. The molecule has 0 unspecified atom stereocenters. The van der Waals surface area contributed by atoms with Crippen LogP contribution < -0.4 is 5.69 Å². The fourth-order valence-corrected chi connectivity index (χ4v) is 4.85. The van der Waals surface area contributed by atoms with Crippen LogP contribution >= 0.6 is 11.8 Å². The van der Waals surface area contributed by atoms with E-state index in [0.717, 1.165) is 11.1 Å². The summed E-state index contributed by atoms with van der Waals surface area (Å²) in [5, 5.41) is 4.44.